The average molecular weight is 876 g/mol. The minimum absolute atomic E-state index is 0.0168. The van der Waals surface area contributed by atoms with E-state index in [1.165, 1.54) is 4.90 Å². The van der Waals surface area contributed by atoms with Crippen molar-refractivity contribution in [3.8, 4) is 28.7 Å². The monoisotopic (exact) mass is 874 g/mol. The second-order valence-electron chi connectivity index (χ2n) is 15.2. The van der Waals surface area contributed by atoms with Gasteiger partial charge < -0.3 is 34.7 Å². The maximum Gasteiger partial charge on any atom is 0.411 e. The Morgan fingerprint density at radius 1 is 0.887 bits per heavy atom. The molecule has 3 amide bonds. The lowest BCUT2D eigenvalue weighted by atomic mass is 9.92. The summed E-state index contributed by atoms with van der Waals surface area (Å²) in [6.07, 6.45) is -1.09. The van der Waals surface area contributed by atoms with E-state index < -0.39 is 48.2 Å². The minimum Gasteiger partial charge on any atom is -0.489 e. The highest BCUT2D eigenvalue weighted by Crippen LogP contribution is 2.40. The lowest BCUT2D eigenvalue weighted by Gasteiger charge is -2.38. The first-order chi connectivity index (χ1) is 30.0. The molecular weight excluding hydrogens is 835 g/mol. The van der Waals surface area contributed by atoms with Crippen molar-refractivity contribution >= 4 is 52.8 Å². The molecule has 316 valence electrons. The summed E-state index contributed by atoms with van der Waals surface area (Å²) in [5.41, 5.74) is 6.16. The number of nitrogens with one attached hydrogen (secondary N) is 2. The quantitative estimate of drug-likeness (QED) is 0.118. The molecule has 0 bridgehead atoms. The standard InChI is InChI=1S/C47H40Cl2N4O9/c48-37-14-5-29(19-38(37)49)26-60-35-12-10-32(11-13-35)43-45(55)51-39-21-33-22-41(53(25-34(33)23-42(39)62-43)47(58)61-36-15-17-59-18-16-36)44(54)52-40(46(56)57)20-27-1-6-30(7-2-27)31-8-3-28(24-50)4-9-31/h1-14,19,21,23,36,40-41,43H,15-18,20,22,25-26H2,(H,51,55)(H,52,54)(H,56,57)/t40-,41?,43-/m0/s1. The number of ether oxygens (including phenoxy) is 4. The molecule has 3 aliphatic rings. The first-order valence-electron chi connectivity index (χ1n) is 20.0. The third-order valence-electron chi connectivity index (χ3n) is 11.1. The molecule has 5 aromatic carbocycles. The van der Waals surface area contributed by atoms with Gasteiger partial charge in [-0.2, -0.15) is 5.26 Å². The fourth-order valence-electron chi connectivity index (χ4n) is 7.65. The highest BCUT2D eigenvalue weighted by atomic mass is 35.5. The van der Waals surface area contributed by atoms with Crippen LogP contribution in [0, 0.1) is 11.3 Å². The van der Waals surface area contributed by atoms with Crippen molar-refractivity contribution in [1.29, 1.82) is 5.26 Å². The van der Waals surface area contributed by atoms with E-state index >= 15 is 0 Å². The van der Waals surface area contributed by atoms with Crippen LogP contribution in [0.2, 0.25) is 10.0 Å². The van der Waals surface area contributed by atoms with Gasteiger partial charge >= 0.3 is 12.1 Å². The third kappa shape index (κ3) is 9.63. The SMILES string of the molecule is N#Cc1ccc(-c2ccc(C[C@H](NC(=O)C3Cc4cc5c(cc4CN3C(=O)OC3CCOCC3)O[C@@H](c3ccc(OCc4ccc(Cl)c(Cl)c4)cc3)C(=O)N5)C(=O)O)cc2)cc1. The lowest BCUT2D eigenvalue weighted by molar-refractivity contribution is -0.142. The van der Waals surface area contributed by atoms with Crippen molar-refractivity contribution in [3.05, 3.63) is 147 Å². The molecule has 15 heteroatoms. The molecule has 0 aliphatic carbocycles. The molecule has 8 rings (SSSR count). The summed E-state index contributed by atoms with van der Waals surface area (Å²) in [4.78, 5) is 55.3. The number of aliphatic carboxylic acids is 1. The number of hydrogen-bond donors (Lipinski definition) is 3. The Kier molecular flexibility index (Phi) is 12.6. The zero-order valence-electron chi connectivity index (χ0n) is 33.1. The van der Waals surface area contributed by atoms with Crippen molar-refractivity contribution in [2.45, 2.75) is 63.1 Å². The van der Waals surface area contributed by atoms with E-state index in [9.17, 15) is 24.3 Å². The molecule has 1 unspecified atom stereocenters. The van der Waals surface area contributed by atoms with E-state index in [0.29, 0.717) is 81.1 Å². The zero-order valence-corrected chi connectivity index (χ0v) is 34.7. The van der Waals surface area contributed by atoms with Crippen LogP contribution in [0.1, 0.15) is 52.3 Å². The molecule has 3 aliphatic heterocycles. The van der Waals surface area contributed by atoms with E-state index in [2.05, 4.69) is 16.7 Å². The minimum atomic E-state index is -1.31. The van der Waals surface area contributed by atoms with Crippen LogP contribution in [0.25, 0.3) is 11.1 Å². The van der Waals surface area contributed by atoms with Crippen LogP contribution in [0.5, 0.6) is 11.5 Å². The number of carboxylic acid groups (broad SMARTS) is 1. The van der Waals surface area contributed by atoms with Crippen LogP contribution >= 0.6 is 23.2 Å². The molecule has 3 heterocycles. The smallest absolute Gasteiger partial charge is 0.411 e. The fraction of sp³-hybridized carbons (Fsp3) is 0.255. The molecule has 3 N–H and O–H groups in total. The largest absolute Gasteiger partial charge is 0.489 e. The molecule has 13 nitrogen and oxygen atoms in total. The number of benzene rings is 5. The third-order valence-corrected chi connectivity index (χ3v) is 11.8. The second kappa shape index (κ2) is 18.6. The number of carboxylic acids is 1. The molecule has 5 aromatic rings. The normalized spacial score (nSPS) is 17.6. The number of nitrogens with zero attached hydrogens (tertiary/aromatic N) is 2. The molecule has 0 spiro atoms. The fourth-order valence-corrected chi connectivity index (χ4v) is 7.97. The van der Waals surface area contributed by atoms with Gasteiger partial charge in [0.15, 0.2) is 0 Å². The van der Waals surface area contributed by atoms with Crippen LogP contribution < -0.4 is 20.1 Å². The van der Waals surface area contributed by atoms with E-state index in [1.807, 2.05) is 30.3 Å². The number of carbonyl (C=O) groups excluding carboxylic acids is 3. The summed E-state index contributed by atoms with van der Waals surface area (Å²) in [6.45, 7) is 1.09. The van der Waals surface area contributed by atoms with Gasteiger partial charge in [0, 0.05) is 31.2 Å². The van der Waals surface area contributed by atoms with Gasteiger partial charge in [-0.1, -0.05) is 77.8 Å². The van der Waals surface area contributed by atoms with Gasteiger partial charge in [-0.15, -0.1) is 0 Å². The number of carbonyl (C=O) groups is 4. The van der Waals surface area contributed by atoms with Crippen LogP contribution in [-0.2, 0) is 49.9 Å². The Labute approximate surface area is 367 Å². The number of rotatable bonds is 11. The van der Waals surface area contributed by atoms with Crippen LogP contribution in [-0.4, -0.2) is 65.3 Å². The summed E-state index contributed by atoms with van der Waals surface area (Å²) in [5.74, 6) is -1.35. The zero-order chi connectivity index (χ0) is 43.3. The highest BCUT2D eigenvalue weighted by Gasteiger charge is 2.40. The summed E-state index contributed by atoms with van der Waals surface area (Å²) in [6, 6.07) is 29.7. The van der Waals surface area contributed by atoms with Crippen molar-refractivity contribution in [2.75, 3.05) is 18.5 Å². The van der Waals surface area contributed by atoms with E-state index in [1.54, 1.807) is 72.8 Å². The molecule has 0 saturated carbocycles. The second-order valence-corrected chi connectivity index (χ2v) is 16.1. The van der Waals surface area contributed by atoms with Gasteiger partial charge in [0.1, 0.15) is 36.3 Å². The van der Waals surface area contributed by atoms with Gasteiger partial charge in [0.2, 0.25) is 12.0 Å². The van der Waals surface area contributed by atoms with Crippen molar-refractivity contribution < 1.29 is 43.2 Å². The first-order valence-corrected chi connectivity index (χ1v) is 20.7. The maximum atomic E-state index is 14.1. The lowest BCUT2D eigenvalue weighted by Crippen LogP contribution is -2.56. The first kappa shape index (κ1) is 42.1. The van der Waals surface area contributed by atoms with Crippen molar-refractivity contribution in [3.63, 3.8) is 0 Å². The maximum absolute atomic E-state index is 14.1. The van der Waals surface area contributed by atoms with Gasteiger partial charge in [-0.25, -0.2) is 9.59 Å². The van der Waals surface area contributed by atoms with Crippen LogP contribution in [0.4, 0.5) is 10.5 Å². The highest BCUT2D eigenvalue weighted by molar-refractivity contribution is 6.42. The Balaban J connectivity index is 0.980. The molecule has 3 atom stereocenters. The van der Waals surface area contributed by atoms with Gasteiger partial charge in [-0.05, 0) is 81.9 Å². The van der Waals surface area contributed by atoms with Crippen LogP contribution in [0.15, 0.2) is 103 Å². The summed E-state index contributed by atoms with van der Waals surface area (Å²) < 4.78 is 23.5. The number of hydrogen-bond acceptors (Lipinski definition) is 9. The van der Waals surface area contributed by atoms with Gasteiger partial charge in [0.25, 0.3) is 5.91 Å². The van der Waals surface area contributed by atoms with E-state index in [0.717, 1.165) is 16.7 Å². The number of amides is 3. The topological polar surface area (TPSA) is 177 Å². The van der Waals surface area contributed by atoms with Crippen molar-refractivity contribution in [1.82, 2.24) is 10.2 Å². The number of anilines is 1. The Bertz CT molecular complexity index is 2540. The number of halogens is 2. The van der Waals surface area contributed by atoms with E-state index in [-0.39, 0.29) is 26.0 Å². The molecule has 0 radical (unpaired) electrons. The number of nitriles is 1. The Hall–Kier alpha value is -6.59. The van der Waals surface area contributed by atoms with E-state index in [4.69, 9.17) is 47.4 Å². The Morgan fingerprint density at radius 2 is 1.58 bits per heavy atom. The molecule has 0 aromatic heterocycles. The molecule has 1 saturated heterocycles. The average Bonchev–Trinajstić information content (AvgIpc) is 3.28. The molecule has 62 heavy (non-hydrogen) atoms. The summed E-state index contributed by atoms with van der Waals surface area (Å²) >= 11 is 12.2. The van der Waals surface area contributed by atoms with Gasteiger partial charge in [0.05, 0.1) is 47.1 Å². The summed E-state index contributed by atoms with van der Waals surface area (Å²) in [7, 11) is 0. The molecular formula is C47H40Cl2N4O9. The van der Waals surface area contributed by atoms with Gasteiger partial charge in [-0.3, -0.25) is 14.5 Å². The predicted octanol–water partition coefficient (Wildman–Crippen LogP) is 8.04. The number of fused-ring (bicyclic) bond motifs is 2. The molecule has 1 fully saturated rings. The van der Waals surface area contributed by atoms with Crippen LogP contribution in [0.3, 0.4) is 0 Å². The van der Waals surface area contributed by atoms with Crippen molar-refractivity contribution in [2.24, 2.45) is 0 Å². The Morgan fingerprint density at radius 3 is 2.26 bits per heavy atom. The summed E-state index contributed by atoms with van der Waals surface area (Å²) in [5, 5.41) is 25.9. The predicted molar refractivity (Wildman–Crippen MR) is 229 cm³/mol.